The van der Waals surface area contributed by atoms with E-state index in [-0.39, 0.29) is 11.5 Å². The Bertz CT molecular complexity index is 506. The van der Waals surface area contributed by atoms with Gasteiger partial charge < -0.3 is 16.0 Å². The van der Waals surface area contributed by atoms with Crippen LogP contribution in [0.2, 0.25) is 0 Å². The maximum atomic E-state index is 5.77. The minimum atomic E-state index is -0.0466. The molecule has 80 valence electrons. The van der Waals surface area contributed by atoms with Gasteiger partial charge in [-0.1, -0.05) is 0 Å². The summed E-state index contributed by atoms with van der Waals surface area (Å²) in [6, 6.07) is 1.91. The van der Waals surface area contributed by atoms with E-state index in [0.29, 0.717) is 5.82 Å². The molecular weight excluding hydrogens is 190 g/mol. The molecule has 0 unspecified atom stereocenters. The minimum Gasteiger partial charge on any atom is -0.383 e. The third kappa shape index (κ3) is 1.49. The van der Waals surface area contributed by atoms with Crippen molar-refractivity contribution in [2.24, 2.45) is 0 Å². The van der Waals surface area contributed by atoms with Crippen LogP contribution < -0.4 is 11.5 Å². The number of rotatable bonds is 0. The number of hydrogen-bond donors (Lipinski definition) is 2. The van der Waals surface area contributed by atoms with Crippen LogP contribution in [0.4, 0.5) is 11.8 Å². The topological polar surface area (TPSA) is 82.8 Å². The van der Waals surface area contributed by atoms with Crippen molar-refractivity contribution in [1.29, 1.82) is 0 Å². The summed E-state index contributed by atoms with van der Waals surface area (Å²) >= 11 is 0. The van der Waals surface area contributed by atoms with Gasteiger partial charge in [0.05, 0.1) is 5.39 Å². The van der Waals surface area contributed by atoms with Crippen LogP contribution >= 0.6 is 0 Å². The molecule has 0 spiro atoms. The molecule has 0 bridgehead atoms. The Morgan fingerprint density at radius 1 is 1.20 bits per heavy atom. The Morgan fingerprint density at radius 2 is 1.87 bits per heavy atom. The second-order valence-electron chi connectivity index (χ2n) is 4.56. The fraction of sp³-hybridized carbons (Fsp3) is 0.400. The Morgan fingerprint density at radius 3 is 2.47 bits per heavy atom. The third-order valence-electron chi connectivity index (χ3n) is 2.31. The number of fused-ring (bicyclic) bond motifs is 1. The molecule has 0 saturated heterocycles. The number of nitrogens with zero attached hydrogens (tertiary/aromatic N) is 3. The maximum absolute atomic E-state index is 5.77. The van der Waals surface area contributed by atoms with E-state index >= 15 is 0 Å². The van der Waals surface area contributed by atoms with Gasteiger partial charge in [-0.05, 0) is 26.8 Å². The fourth-order valence-corrected chi connectivity index (χ4v) is 1.60. The van der Waals surface area contributed by atoms with Gasteiger partial charge in [-0.2, -0.15) is 9.97 Å². The Balaban J connectivity index is 2.80. The summed E-state index contributed by atoms with van der Waals surface area (Å²) in [6.45, 7) is 6.29. The number of nitrogens with two attached hydrogens (primary N) is 2. The van der Waals surface area contributed by atoms with E-state index in [1.54, 1.807) is 0 Å². The fourth-order valence-electron chi connectivity index (χ4n) is 1.60. The van der Waals surface area contributed by atoms with E-state index in [9.17, 15) is 0 Å². The number of nitrogen functional groups attached to an aromatic ring is 2. The lowest BCUT2D eigenvalue weighted by Crippen LogP contribution is -2.21. The Hall–Kier alpha value is -1.78. The molecule has 0 aliphatic carbocycles. The zero-order valence-electron chi connectivity index (χ0n) is 9.15. The monoisotopic (exact) mass is 205 g/mol. The van der Waals surface area contributed by atoms with Gasteiger partial charge in [-0.15, -0.1) is 0 Å². The number of hydrogen-bond acceptors (Lipinski definition) is 4. The molecule has 15 heavy (non-hydrogen) atoms. The van der Waals surface area contributed by atoms with Gasteiger partial charge in [-0.3, -0.25) is 0 Å². The molecule has 2 aromatic heterocycles. The summed E-state index contributed by atoms with van der Waals surface area (Å²) in [5, 5.41) is 0.846. The summed E-state index contributed by atoms with van der Waals surface area (Å²) in [4.78, 5) is 8.14. The van der Waals surface area contributed by atoms with E-state index < -0.39 is 0 Å². The smallest absolute Gasteiger partial charge is 0.223 e. The summed E-state index contributed by atoms with van der Waals surface area (Å²) in [5.41, 5.74) is 12.1. The molecule has 0 saturated carbocycles. The molecule has 2 heterocycles. The van der Waals surface area contributed by atoms with Crippen LogP contribution in [-0.2, 0) is 5.54 Å². The molecule has 5 heteroatoms. The highest BCUT2D eigenvalue weighted by Crippen LogP contribution is 2.25. The van der Waals surface area contributed by atoms with Crippen molar-refractivity contribution in [3.8, 4) is 0 Å². The Kier molecular flexibility index (Phi) is 1.86. The molecule has 0 fully saturated rings. The van der Waals surface area contributed by atoms with Crippen molar-refractivity contribution < 1.29 is 0 Å². The van der Waals surface area contributed by atoms with Crippen molar-refractivity contribution >= 4 is 22.8 Å². The highest BCUT2D eigenvalue weighted by Gasteiger charge is 2.17. The minimum absolute atomic E-state index is 0.0466. The van der Waals surface area contributed by atoms with Crippen LogP contribution in [0.3, 0.4) is 0 Å². The average molecular weight is 205 g/mol. The van der Waals surface area contributed by atoms with Crippen LogP contribution in [0, 0.1) is 0 Å². The van der Waals surface area contributed by atoms with E-state index in [2.05, 4.69) is 30.7 Å². The van der Waals surface area contributed by atoms with E-state index in [4.69, 9.17) is 11.5 Å². The van der Waals surface area contributed by atoms with Crippen LogP contribution in [0.5, 0.6) is 0 Å². The first-order chi connectivity index (χ1) is 6.89. The van der Waals surface area contributed by atoms with Crippen molar-refractivity contribution in [3.05, 3.63) is 12.3 Å². The first-order valence-electron chi connectivity index (χ1n) is 4.80. The Labute approximate surface area is 88.1 Å². The molecule has 2 rings (SSSR count). The zero-order chi connectivity index (χ0) is 11.2. The zero-order valence-corrected chi connectivity index (χ0v) is 9.15. The molecule has 0 aromatic carbocycles. The van der Waals surface area contributed by atoms with E-state index in [1.165, 1.54) is 0 Å². The second kappa shape index (κ2) is 2.85. The van der Waals surface area contributed by atoms with Gasteiger partial charge in [0.2, 0.25) is 5.95 Å². The van der Waals surface area contributed by atoms with Crippen LogP contribution in [0.1, 0.15) is 20.8 Å². The van der Waals surface area contributed by atoms with Crippen LogP contribution in [0.15, 0.2) is 12.3 Å². The van der Waals surface area contributed by atoms with Gasteiger partial charge in [0.25, 0.3) is 0 Å². The van der Waals surface area contributed by atoms with Gasteiger partial charge in [0, 0.05) is 11.7 Å². The largest absolute Gasteiger partial charge is 0.383 e. The molecule has 0 aliphatic heterocycles. The van der Waals surface area contributed by atoms with E-state index in [0.717, 1.165) is 11.0 Å². The average Bonchev–Trinajstić information content (AvgIpc) is 2.45. The van der Waals surface area contributed by atoms with Crippen molar-refractivity contribution in [3.63, 3.8) is 0 Å². The summed E-state index contributed by atoms with van der Waals surface area (Å²) in [7, 11) is 0. The van der Waals surface area contributed by atoms with Crippen LogP contribution in [0.25, 0.3) is 11.0 Å². The molecule has 0 amide bonds. The first-order valence-corrected chi connectivity index (χ1v) is 4.80. The van der Waals surface area contributed by atoms with Gasteiger partial charge in [-0.25, -0.2) is 0 Å². The molecule has 4 N–H and O–H groups in total. The maximum Gasteiger partial charge on any atom is 0.223 e. The van der Waals surface area contributed by atoms with Gasteiger partial charge in [0.1, 0.15) is 11.5 Å². The van der Waals surface area contributed by atoms with E-state index in [1.807, 2.05) is 16.8 Å². The van der Waals surface area contributed by atoms with Crippen molar-refractivity contribution in [2.75, 3.05) is 11.5 Å². The molecular formula is C10H15N5. The van der Waals surface area contributed by atoms with Crippen molar-refractivity contribution in [2.45, 2.75) is 26.3 Å². The highest BCUT2D eigenvalue weighted by molar-refractivity contribution is 5.87. The summed E-state index contributed by atoms with van der Waals surface area (Å²) in [6.07, 6.45) is 1.95. The van der Waals surface area contributed by atoms with Crippen LogP contribution in [-0.4, -0.2) is 14.5 Å². The molecule has 0 radical (unpaired) electrons. The SMILES string of the molecule is CC(C)(C)n1ccc2c(N)nc(N)nc21. The predicted octanol–water partition coefficient (Wildman–Crippen LogP) is 1.35. The third-order valence-corrected chi connectivity index (χ3v) is 2.31. The summed E-state index contributed by atoms with van der Waals surface area (Å²) in [5.74, 6) is 0.643. The first kappa shape index (κ1) is 9.76. The normalized spacial score (nSPS) is 12.2. The molecule has 2 aromatic rings. The second-order valence-corrected chi connectivity index (χ2v) is 4.56. The molecule has 5 nitrogen and oxygen atoms in total. The highest BCUT2D eigenvalue weighted by atomic mass is 15.1. The van der Waals surface area contributed by atoms with Crippen molar-refractivity contribution in [1.82, 2.24) is 14.5 Å². The molecule has 0 atom stereocenters. The van der Waals surface area contributed by atoms with Gasteiger partial charge in [0.15, 0.2) is 0 Å². The number of anilines is 2. The molecule has 0 aliphatic rings. The summed E-state index contributed by atoms with van der Waals surface area (Å²) < 4.78 is 2.04. The lowest BCUT2D eigenvalue weighted by molar-refractivity contribution is 0.408. The quantitative estimate of drug-likeness (QED) is 0.680. The lowest BCUT2D eigenvalue weighted by Gasteiger charge is -2.21. The number of aromatic nitrogens is 3. The predicted molar refractivity (Wildman–Crippen MR) is 61.3 cm³/mol. The lowest BCUT2D eigenvalue weighted by atomic mass is 10.1. The standard InChI is InChI=1S/C10H15N5/c1-10(2,3)15-5-4-6-7(11)13-9(12)14-8(6)15/h4-5H,1-3H3,(H4,11,12,13,14). The van der Waals surface area contributed by atoms with Gasteiger partial charge >= 0.3 is 0 Å².